The molecule has 1 aliphatic heterocycles. The Morgan fingerprint density at radius 3 is 2.53 bits per heavy atom. The lowest BCUT2D eigenvalue weighted by molar-refractivity contribution is 0.102. The number of carbonyl (C=O) groups excluding carboxylic acids is 1. The van der Waals surface area contributed by atoms with Crippen LogP contribution in [0.25, 0.3) is 0 Å². The minimum atomic E-state index is -0.200. The van der Waals surface area contributed by atoms with Gasteiger partial charge >= 0.3 is 0 Å². The van der Waals surface area contributed by atoms with Crippen molar-refractivity contribution < 1.29 is 9.53 Å². The Labute approximate surface area is 217 Å². The second-order valence-electron chi connectivity index (χ2n) is 9.12. The Kier molecular flexibility index (Phi) is 8.55. The van der Waals surface area contributed by atoms with Gasteiger partial charge in [0.15, 0.2) is 0 Å². The highest BCUT2D eigenvalue weighted by atomic mass is 35.5. The van der Waals surface area contributed by atoms with E-state index in [2.05, 4.69) is 33.9 Å². The van der Waals surface area contributed by atoms with Gasteiger partial charge in [-0.15, -0.1) is 0 Å². The molecule has 1 aliphatic rings. The molecule has 36 heavy (non-hydrogen) atoms. The summed E-state index contributed by atoms with van der Waals surface area (Å²) in [6.45, 7) is 9.86. The fourth-order valence-corrected chi connectivity index (χ4v) is 4.37. The van der Waals surface area contributed by atoms with E-state index in [9.17, 15) is 4.79 Å². The third kappa shape index (κ3) is 6.82. The van der Waals surface area contributed by atoms with Crippen LogP contribution in [0, 0.1) is 11.3 Å². The summed E-state index contributed by atoms with van der Waals surface area (Å²) in [5, 5.41) is 12.2. The average molecular weight is 504 g/mol. The maximum Gasteiger partial charge on any atom is 0.255 e. The highest BCUT2D eigenvalue weighted by Gasteiger charge is 2.19. The first-order valence-corrected chi connectivity index (χ1v) is 12.4. The molecule has 0 aliphatic carbocycles. The van der Waals surface area contributed by atoms with E-state index < -0.39 is 0 Å². The average Bonchev–Trinajstić information content (AvgIpc) is 2.89. The van der Waals surface area contributed by atoms with Crippen LogP contribution in [0.5, 0.6) is 5.75 Å². The summed E-state index contributed by atoms with van der Waals surface area (Å²) in [6.07, 6.45) is 0. The number of aromatic nitrogens is 1. The summed E-state index contributed by atoms with van der Waals surface area (Å²) in [7, 11) is 0. The van der Waals surface area contributed by atoms with Gasteiger partial charge in [-0.25, -0.2) is 4.98 Å². The maximum absolute atomic E-state index is 12.7. The quantitative estimate of drug-likeness (QED) is 0.467. The fraction of sp³-hybridized carbons (Fsp3) is 0.321. The number of pyridine rings is 1. The molecular formula is C28H30ClN5O2. The van der Waals surface area contributed by atoms with Gasteiger partial charge in [-0.1, -0.05) is 29.8 Å². The zero-order valence-corrected chi connectivity index (χ0v) is 21.3. The molecular weight excluding hydrogens is 474 g/mol. The molecule has 1 amide bonds. The number of nitrogens with one attached hydrogen (secondary N) is 1. The summed E-state index contributed by atoms with van der Waals surface area (Å²) in [4.78, 5) is 21.9. The van der Waals surface area contributed by atoms with Crippen molar-refractivity contribution in [1.29, 1.82) is 5.26 Å². The van der Waals surface area contributed by atoms with Crippen molar-refractivity contribution in [3.63, 3.8) is 0 Å². The van der Waals surface area contributed by atoms with Gasteiger partial charge in [0.05, 0.1) is 10.7 Å². The fourth-order valence-electron chi connectivity index (χ4n) is 4.13. The van der Waals surface area contributed by atoms with Crippen molar-refractivity contribution in [2.24, 2.45) is 0 Å². The number of hydrogen-bond acceptors (Lipinski definition) is 6. The van der Waals surface area contributed by atoms with Crippen molar-refractivity contribution in [2.45, 2.75) is 33.0 Å². The van der Waals surface area contributed by atoms with Gasteiger partial charge in [-0.3, -0.25) is 14.6 Å². The molecule has 1 aromatic heterocycles. The van der Waals surface area contributed by atoms with Crippen molar-refractivity contribution >= 4 is 23.2 Å². The predicted molar refractivity (Wildman–Crippen MR) is 141 cm³/mol. The number of nitrogens with zero attached hydrogens (tertiary/aromatic N) is 4. The number of piperazine rings is 1. The van der Waals surface area contributed by atoms with Crippen LogP contribution in [0.15, 0.2) is 60.7 Å². The zero-order chi connectivity index (χ0) is 25.5. The molecule has 7 nitrogen and oxygen atoms in total. The Morgan fingerprint density at radius 1 is 1.11 bits per heavy atom. The lowest BCUT2D eigenvalue weighted by atomic mass is 10.1. The number of hydrogen-bond donors (Lipinski definition) is 1. The SMILES string of the molecule is CC(C)N1CCN(Cc2ccc(C(=O)Nc3ccc(OCc4cccc(C#N)n4)c(Cl)c3)cc2)CC1. The summed E-state index contributed by atoms with van der Waals surface area (Å²) in [6, 6.07) is 20.6. The Bertz CT molecular complexity index is 1230. The Morgan fingerprint density at radius 2 is 1.86 bits per heavy atom. The first-order chi connectivity index (χ1) is 17.4. The number of nitriles is 1. The largest absolute Gasteiger partial charge is 0.486 e. The van der Waals surface area contributed by atoms with Crippen molar-refractivity contribution in [2.75, 3.05) is 31.5 Å². The third-order valence-corrected chi connectivity index (χ3v) is 6.54. The summed E-state index contributed by atoms with van der Waals surface area (Å²) in [5.74, 6) is 0.270. The van der Waals surface area contributed by atoms with E-state index in [1.165, 1.54) is 5.56 Å². The van der Waals surface area contributed by atoms with Crippen LogP contribution < -0.4 is 10.1 Å². The van der Waals surface area contributed by atoms with Gasteiger partial charge in [0.2, 0.25) is 0 Å². The molecule has 2 heterocycles. The third-order valence-electron chi connectivity index (χ3n) is 6.25. The van der Waals surface area contributed by atoms with Crippen LogP contribution in [0.1, 0.15) is 41.2 Å². The molecule has 2 aromatic carbocycles. The second kappa shape index (κ2) is 12.0. The number of benzene rings is 2. The number of rotatable bonds is 8. The minimum Gasteiger partial charge on any atom is -0.486 e. The maximum atomic E-state index is 12.7. The molecule has 0 unspecified atom stereocenters. The Balaban J connectivity index is 1.29. The molecule has 0 atom stereocenters. The topological polar surface area (TPSA) is 81.5 Å². The van der Waals surface area contributed by atoms with E-state index in [1.54, 1.807) is 36.4 Å². The van der Waals surface area contributed by atoms with E-state index in [-0.39, 0.29) is 12.5 Å². The molecule has 3 aromatic rings. The van der Waals surface area contributed by atoms with Crippen molar-refractivity contribution in [3.05, 3.63) is 88.2 Å². The van der Waals surface area contributed by atoms with Crippen LogP contribution in [0.4, 0.5) is 5.69 Å². The van der Waals surface area contributed by atoms with Crippen molar-refractivity contribution in [3.8, 4) is 11.8 Å². The van der Waals surface area contributed by atoms with E-state index in [1.807, 2.05) is 30.3 Å². The zero-order valence-electron chi connectivity index (χ0n) is 20.6. The van der Waals surface area contributed by atoms with Gasteiger partial charge < -0.3 is 10.1 Å². The van der Waals surface area contributed by atoms with Crippen LogP contribution in [0.2, 0.25) is 5.02 Å². The van der Waals surface area contributed by atoms with Crippen LogP contribution in [-0.4, -0.2) is 52.9 Å². The van der Waals surface area contributed by atoms with Crippen LogP contribution >= 0.6 is 11.6 Å². The highest BCUT2D eigenvalue weighted by Crippen LogP contribution is 2.28. The molecule has 0 radical (unpaired) electrons. The van der Waals surface area contributed by atoms with Crippen LogP contribution in [0.3, 0.4) is 0 Å². The molecule has 1 saturated heterocycles. The molecule has 4 rings (SSSR count). The van der Waals surface area contributed by atoms with E-state index in [4.69, 9.17) is 21.6 Å². The standard InChI is InChI=1S/C28H30ClN5O2/c1-20(2)34-14-12-33(13-15-34)18-21-6-8-22(9-7-21)28(35)32-23-10-11-27(26(29)16-23)36-19-25-5-3-4-24(17-30)31-25/h3-11,16,20H,12-15,18-19H2,1-2H3,(H,32,35). The molecule has 0 saturated carbocycles. The predicted octanol–water partition coefficient (Wildman–Crippen LogP) is 4.96. The van der Waals surface area contributed by atoms with Gasteiger partial charge in [-0.2, -0.15) is 5.26 Å². The minimum absolute atomic E-state index is 0.181. The van der Waals surface area contributed by atoms with Gasteiger partial charge in [0, 0.05) is 50.0 Å². The molecule has 1 fully saturated rings. The summed E-state index contributed by atoms with van der Waals surface area (Å²) in [5.41, 5.74) is 3.32. The molecule has 0 spiro atoms. The smallest absolute Gasteiger partial charge is 0.255 e. The van der Waals surface area contributed by atoms with Gasteiger partial charge in [-0.05, 0) is 61.9 Å². The normalized spacial score (nSPS) is 14.4. The number of anilines is 1. The lowest BCUT2D eigenvalue weighted by Crippen LogP contribution is -2.48. The van der Waals surface area contributed by atoms with Crippen LogP contribution in [-0.2, 0) is 13.2 Å². The second-order valence-corrected chi connectivity index (χ2v) is 9.52. The van der Waals surface area contributed by atoms with Gasteiger partial charge in [0.25, 0.3) is 5.91 Å². The summed E-state index contributed by atoms with van der Waals surface area (Å²) >= 11 is 6.37. The number of amides is 1. The highest BCUT2D eigenvalue weighted by molar-refractivity contribution is 6.32. The van der Waals surface area contributed by atoms with Crippen molar-refractivity contribution in [1.82, 2.24) is 14.8 Å². The molecule has 1 N–H and O–H groups in total. The Hall–Kier alpha value is -3.44. The molecule has 8 heteroatoms. The summed E-state index contributed by atoms with van der Waals surface area (Å²) < 4.78 is 5.74. The van der Waals surface area contributed by atoms with E-state index in [0.29, 0.717) is 39.5 Å². The lowest BCUT2D eigenvalue weighted by Gasteiger charge is -2.36. The van der Waals surface area contributed by atoms with E-state index in [0.717, 1.165) is 32.7 Å². The molecule has 186 valence electrons. The first kappa shape index (κ1) is 25.6. The first-order valence-electron chi connectivity index (χ1n) is 12.1. The van der Waals surface area contributed by atoms with E-state index >= 15 is 0 Å². The number of halogens is 1. The molecule has 0 bridgehead atoms. The monoisotopic (exact) mass is 503 g/mol. The van der Waals surface area contributed by atoms with Gasteiger partial charge in [0.1, 0.15) is 24.1 Å². The number of ether oxygens (including phenoxy) is 1. The number of carbonyl (C=O) groups is 1.